The third-order valence-corrected chi connectivity index (χ3v) is 4.70. The minimum atomic E-state index is 0.143. The van der Waals surface area contributed by atoms with Crippen LogP contribution in [0.25, 0.3) is 0 Å². The fourth-order valence-electron chi connectivity index (χ4n) is 3.32. The van der Waals surface area contributed by atoms with E-state index in [1.54, 1.807) is 0 Å². The van der Waals surface area contributed by atoms with Crippen molar-refractivity contribution in [3.8, 4) is 0 Å². The van der Waals surface area contributed by atoms with E-state index < -0.39 is 0 Å². The summed E-state index contributed by atoms with van der Waals surface area (Å²) in [6.45, 7) is 5.12. The maximum Gasteiger partial charge on any atom is 0.220 e. The van der Waals surface area contributed by atoms with Crippen LogP contribution in [0.1, 0.15) is 47.8 Å². The third-order valence-electron chi connectivity index (χ3n) is 4.70. The van der Waals surface area contributed by atoms with Crippen molar-refractivity contribution in [2.45, 2.75) is 52.0 Å². The molecule has 1 amide bonds. The Kier molecular flexibility index (Phi) is 4.85. The summed E-state index contributed by atoms with van der Waals surface area (Å²) in [5, 5.41) is 3.05. The number of carbonyl (C=O) groups excluding carboxylic acids is 1. The maximum atomic E-state index is 12.0. The summed E-state index contributed by atoms with van der Waals surface area (Å²) >= 11 is 0. The van der Waals surface area contributed by atoms with E-state index in [-0.39, 0.29) is 5.91 Å². The molecule has 1 heterocycles. The van der Waals surface area contributed by atoms with Crippen LogP contribution < -0.4 is 5.32 Å². The highest BCUT2D eigenvalue weighted by atomic mass is 16.1. The fourth-order valence-corrected chi connectivity index (χ4v) is 3.32. The molecule has 1 aliphatic rings. The van der Waals surface area contributed by atoms with Crippen LogP contribution in [-0.4, -0.2) is 17.0 Å². The first kappa shape index (κ1) is 15.9. The van der Waals surface area contributed by atoms with Crippen LogP contribution in [0.4, 0.5) is 0 Å². The van der Waals surface area contributed by atoms with Crippen molar-refractivity contribution in [1.82, 2.24) is 9.88 Å². The Balaban J connectivity index is 1.44. The topological polar surface area (TPSA) is 34.0 Å². The quantitative estimate of drug-likeness (QED) is 0.830. The molecule has 1 aliphatic carbocycles. The van der Waals surface area contributed by atoms with Gasteiger partial charge in [0.1, 0.15) is 0 Å². The van der Waals surface area contributed by atoms with Gasteiger partial charge in [-0.3, -0.25) is 4.79 Å². The Hall–Kier alpha value is -2.03. The van der Waals surface area contributed by atoms with Crippen molar-refractivity contribution in [3.05, 3.63) is 58.9 Å². The zero-order valence-electron chi connectivity index (χ0n) is 14.1. The number of benzene rings is 1. The number of hydrogen-bond acceptors (Lipinski definition) is 1. The van der Waals surface area contributed by atoms with Crippen LogP contribution >= 0.6 is 0 Å². The molecule has 1 aromatic carbocycles. The molecule has 0 aliphatic heterocycles. The molecule has 0 unspecified atom stereocenters. The van der Waals surface area contributed by atoms with Gasteiger partial charge < -0.3 is 9.88 Å². The molecule has 0 bridgehead atoms. The minimum absolute atomic E-state index is 0.143. The van der Waals surface area contributed by atoms with Gasteiger partial charge in [-0.05, 0) is 56.7 Å². The zero-order valence-corrected chi connectivity index (χ0v) is 14.1. The first-order chi connectivity index (χ1) is 11.1. The highest BCUT2D eigenvalue weighted by Gasteiger charge is 2.26. The molecule has 122 valence electrons. The van der Waals surface area contributed by atoms with E-state index in [0.717, 1.165) is 25.4 Å². The molecule has 23 heavy (non-hydrogen) atoms. The lowest BCUT2D eigenvalue weighted by Gasteiger charge is -2.08. The molecule has 0 saturated heterocycles. The largest absolute Gasteiger partial charge is 0.356 e. The molecule has 0 radical (unpaired) electrons. The standard InChI is InChI=1S/C20H26N2O/c1-15-14-18(16(2)22(15)19-9-10-19)12-13-21-20(23)11-8-17-6-4-3-5-7-17/h3-7,14,19H,8-13H2,1-2H3,(H,21,23). The molecule has 3 nitrogen and oxygen atoms in total. The number of aromatic nitrogens is 1. The van der Waals surface area contributed by atoms with Gasteiger partial charge in [0.15, 0.2) is 0 Å². The highest BCUT2D eigenvalue weighted by molar-refractivity contribution is 5.76. The van der Waals surface area contributed by atoms with E-state index in [2.05, 4.69) is 41.9 Å². The number of hydrogen-bond donors (Lipinski definition) is 1. The highest BCUT2D eigenvalue weighted by Crippen LogP contribution is 2.38. The molecule has 3 heteroatoms. The normalized spacial score (nSPS) is 14.0. The van der Waals surface area contributed by atoms with Crippen LogP contribution in [-0.2, 0) is 17.6 Å². The van der Waals surface area contributed by atoms with Crippen molar-refractivity contribution < 1.29 is 4.79 Å². The number of amides is 1. The number of nitrogens with zero attached hydrogens (tertiary/aromatic N) is 1. The number of rotatable bonds is 7. The summed E-state index contributed by atoms with van der Waals surface area (Å²) in [4.78, 5) is 12.0. The first-order valence-corrected chi connectivity index (χ1v) is 8.63. The number of carbonyl (C=O) groups is 1. The van der Waals surface area contributed by atoms with Crippen molar-refractivity contribution in [2.75, 3.05) is 6.54 Å². The molecule has 1 N–H and O–H groups in total. The summed E-state index contributed by atoms with van der Waals surface area (Å²) in [5.41, 5.74) is 5.33. The first-order valence-electron chi connectivity index (χ1n) is 8.63. The Morgan fingerprint density at radius 3 is 2.61 bits per heavy atom. The molecule has 1 fully saturated rings. The fraction of sp³-hybridized carbons (Fsp3) is 0.450. The molecular formula is C20H26N2O. The van der Waals surface area contributed by atoms with Crippen molar-refractivity contribution >= 4 is 5.91 Å². The summed E-state index contributed by atoms with van der Waals surface area (Å²) in [7, 11) is 0. The minimum Gasteiger partial charge on any atom is -0.356 e. The van der Waals surface area contributed by atoms with Gasteiger partial charge in [-0.1, -0.05) is 30.3 Å². The SMILES string of the molecule is Cc1cc(CCNC(=O)CCc2ccccc2)c(C)n1C1CC1. The molecular weight excluding hydrogens is 284 g/mol. The lowest BCUT2D eigenvalue weighted by atomic mass is 10.1. The second-order valence-corrected chi connectivity index (χ2v) is 6.58. The van der Waals surface area contributed by atoms with E-state index in [4.69, 9.17) is 0 Å². The Morgan fingerprint density at radius 1 is 1.17 bits per heavy atom. The van der Waals surface area contributed by atoms with Gasteiger partial charge in [0.25, 0.3) is 0 Å². The number of nitrogens with one attached hydrogen (secondary N) is 1. The van der Waals surface area contributed by atoms with E-state index in [9.17, 15) is 4.79 Å². The number of aryl methyl sites for hydroxylation is 2. The molecule has 3 rings (SSSR count). The average Bonchev–Trinajstić information content (AvgIpc) is 3.33. The molecule has 1 saturated carbocycles. The van der Waals surface area contributed by atoms with Gasteiger partial charge >= 0.3 is 0 Å². The molecule has 2 aromatic rings. The van der Waals surface area contributed by atoms with Crippen molar-refractivity contribution in [2.24, 2.45) is 0 Å². The van der Waals surface area contributed by atoms with Gasteiger partial charge in [0.2, 0.25) is 5.91 Å². The van der Waals surface area contributed by atoms with Crippen LogP contribution in [0.5, 0.6) is 0 Å². The Labute approximate surface area is 138 Å². The smallest absolute Gasteiger partial charge is 0.220 e. The summed E-state index contributed by atoms with van der Waals surface area (Å²) in [6.07, 6.45) is 4.91. The van der Waals surface area contributed by atoms with E-state index >= 15 is 0 Å². The Morgan fingerprint density at radius 2 is 1.91 bits per heavy atom. The van der Waals surface area contributed by atoms with Gasteiger partial charge in [-0.2, -0.15) is 0 Å². The monoisotopic (exact) mass is 310 g/mol. The van der Waals surface area contributed by atoms with Crippen molar-refractivity contribution in [3.63, 3.8) is 0 Å². The van der Waals surface area contributed by atoms with E-state index in [0.29, 0.717) is 6.42 Å². The van der Waals surface area contributed by atoms with Gasteiger partial charge in [0, 0.05) is 30.4 Å². The van der Waals surface area contributed by atoms with Gasteiger partial charge in [0.05, 0.1) is 0 Å². The second kappa shape index (κ2) is 7.03. The van der Waals surface area contributed by atoms with Crippen molar-refractivity contribution in [1.29, 1.82) is 0 Å². The zero-order chi connectivity index (χ0) is 16.2. The average molecular weight is 310 g/mol. The summed E-state index contributed by atoms with van der Waals surface area (Å²) < 4.78 is 2.46. The summed E-state index contributed by atoms with van der Waals surface area (Å²) in [6, 6.07) is 13.2. The summed E-state index contributed by atoms with van der Waals surface area (Å²) in [5.74, 6) is 0.143. The predicted octanol–water partition coefficient (Wildman–Crippen LogP) is 3.73. The van der Waals surface area contributed by atoms with E-state index in [1.165, 1.54) is 35.4 Å². The van der Waals surface area contributed by atoms with Crippen LogP contribution in [0.15, 0.2) is 36.4 Å². The lowest BCUT2D eigenvalue weighted by molar-refractivity contribution is -0.121. The molecule has 1 aromatic heterocycles. The third kappa shape index (κ3) is 4.04. The maximum absolute atomic E-state index is 12.0. The lowest BCUT2D eigenvalue weighted by Crippen LogP contribution is -2.26. The molecule has 0 atom stereocenters. The van der Waals surface area contributed by atoms with Crippen LogP contribution in [0, 0.1) is 13.8 Å². The van der Waals surface area contributed by atoms with Crippen LogP contribution in [0.2, 0.25) is 0 Å². The predicted molar refractivity (Wildman–Crippen MR) is 93.7 cm³/mol. The van der Waals surface area contributed by atoms with Gasteiger partial charge in [-0.15, -0.1) is 0 Å². The van der Waals surface area contributed by atoms with E-state index in [1.807, 2.05) is 18.2 Å². The van der Waals surface area contributed by atoms with Gasteiger partial charge in [-0.25, -0.2) is 0 Å². The second-order valence-electron chi connectivity index (χ2n) is 6.58. The Bertz CT molecular complexity index is 668. The van der Waals surface area contributed by atoms with Crippen LogP contribution in [0.3, 0.4) is 0 Å². The molecule has 0 spiro atoms.